The van der Waals surface area contributed by atoms with Gasteiger partial charge in [-0.2, -0.15) is 13.2 Å². The van der Waals surface area contributed by atoms with Gasteiger partial charge in [-0.1, -0.05) is 24.3 Å². The highest BCUT2D eigenvalue weighted by Gasteiger charge is 2.40. The zero-order chi connectivity index (χ0) is 21.2. The van der Waals surface area contributed by atoms with Crippen molar-refractivity contribution >= 4 is 40.3 Å². The lowest BCUT2D eigenvalue weighted by Crippen LogP contribution is -2.30. The van der Waals surface area contributed by atoms with Crippen LogP contribution in [0.1, 0.15) is 25.0 Å². The van der Waals surface area contributed by atoms with E-state index in [1.807, 2.05) is 24.3 Å². The van der Waals surface area contributed by atoms with Gasteiger partial charge in [-0.15, -0.1) is 0 Å². The molecule has 2 aromatic rings. The number of alkyl halides is 3. The van der Waals surface area contributed by atoms with Crippen LogP contribution in [0.5, 0.6) is 0 Å². The first kappa shape index (κ1) is 21.0. The van der Waals surface area contributed by atoms with Crippen LogP contribution >= 0.6 is 11.8 Å². The van der Waals surface area contributed by atoms with Crippen LogP contribution in [0.25, 0.3) is 6.08 Å². The van der Waals surface area contributed by atoms with E-state index in [1.165, 1.54) is 18.2 Å². The molecule has 0 saturated carbocycles. The molecule has 3 rings (SSSR count). The number of nitrogens with zero attached hydrogens (tertiary/aromatic N) is 2. The molecule has 8 heteroatoms. The van der Waals surface area contributed by atoms with Crippen molar-refractivity contribution in [2.24, 2.45) is 0 Å². The number of amides is 1. The summed E-state index contributed by atoms with van der Waals surface area (Å²) in [4.78, 5) is 16.0. The second kappa shape index (κ2) is 8.32. The summed E-state index contributed by atoms with van der Waals surface area (Å²) in [5.74, 6) is -0.635. The van der Waals surface area contributed by atoms with Crippen molar-refractivity contribution < 1.29 is 18.0 Å². The molecule has 152 valence electrons. The molecule has 1 aliphatic rings. The largest absolute Gasteiger partial charge is 0.418 e. The molecule has 29 heavy (non-hydrogen) atoms. The minimum atomic E-state index is -4.62. The molecule has 0 aliphatic carbocycles. The van der Waals surface area contributed by atoms with Crippen molar-refractivity contribution in [3.63, 3.8) is 0 Å². The number of carbonyl (C=O) groups excluding carboxylic acids is 1. The Kier molecular flexibility index (Phi) is 6.02. The molecule has 0 radical (unpaired) electrons. The Hall–Kier alpha value is -2.74. The van der Waals surface area contributed by atoms with Gasteiger partial charge in [0.05, 0.1) is 16.2 Å². The molecule has 1 heterocycles. The van der Waals surface area contributed by atoms with Crippen LogP contribution in [0.2, 0.25) is 0 Å². The highest BCUT2D eigenvalue weighted by molar-refractivity contribution is 8.19. The third-order valence-corrected chi connectivity index (χ3v) is 5.48. The van der Waals surface area contributed by atoms with Gasteiger partial charge in [0.1, 0.15) is 0 Å². The maximum absolute atomic E-state index is 13.3. The fourth-order valence-corrected chi connectivity index (χ4v) is 3.99. The van der Waals surface area contributed by atoms with Crippen LogP contribution in [0.15, 0.2) is 53.4 Å². The average molecular weight is 419 g/mol. The minimum absolute atomic E-state index is 0.211. The van der Waals surface area contributed by atoms with E-state index in [-0.39, 0.29) is 15.8 Å². The van der Waals surface area contributed by atoms with Crippen LogP contribution in [0.3, 0.4) is 0 Å². The van der Waals surface area contributed by atoms with E-state index in [2.05, 4.69) is 18.7 Å². The lowest BCUT2D eigenvalue weighted by molar-refractivity contribution is -0.137. The fraction of sp³-hybridized carbons (Fsp3) is 0.238. The van der Waals surface area contributed by atoms with E-state index in [1.54, 1.807) is 6.08 Å². The molecule has 0 atom stereocenters. The Morgan fingerprint density at radius 2 is 1.69 bits per heavy atom. The van der Waals surface area contributed by atoms with Gasteiger partial charge in [-0.3, -0.25) is 15.1 Å². The summed E-state index contributed by atoms with van der Waals surface area (Å²) in [5.41, 5.74) is 0.526. The molecule has 1 amide bonds. The first-order valence-corrected chi connectivity index (χ1v) is 9.91. The standard InChI is InChI=1S/C21H20F3N3OS/c1-3-26(4-2)15-11-9-14(10-12-15)13-18-19(28)27(20(25)29-18)17-8-6-5-7-16(17)21(22,23)24/h5-13,25H,3-4H2,1-2H3/b18-13-,25-20?. The molecule has 1 aliphatic heterocycles. The summed E-state index contributed by atoms with van der Waals surface area (Å²) < 4.78 is 40.0. The minimum Gasteiger partial charge on any atom is -0.372 e. The van der Waals surface area contributed by atoms with Crippen LogP contribution in [-0.4, -0.2) is 24.2 Å². The maximum Gasteiger partial charge on any atom is 0.418 e. The first-order chi connectivity index (χ1) is 13.8. The lowest BCUT2D eigenvalue weighted by Gasteiger charge is -2.20. The number of nitrogens with one attached hydrogen (secondary N) is 1. The van der Waals surface area contributed by atoms with E-state index >= 15 is 0 Å². The van der Waals surface area contributed by atoms with Crippen molar-refractivity contribution in [2.45, 2.75) is 20.0 Å². The Bertz CT molecular complexity index is 950. The average Bonchev–Trinajstić information content (AvgIpc) is 2.96. The predicted molar refractivity (Wildman–Crippen MR) is 112 cm³/mol. The Balaban J connectivity index is 1.90. The number of rotatable bonds is 5. The number of thioether (sulfide) groups is 1. The van der Waals surface area contributed by atoms with Crippen molar-refractivity contribution in [3.8, 4) is 0 Å². The summed E-state index contributed by atoms with van der Waals surface area (Å²) in [6.07, 6.45) is -3.02. The fourth-order valence-electron chi connectivity index (χ4n) is 3.14. The first-order valence-electron chi connectivity index (χ1n) is 9.10. The number of amidine groups is 1. The molecule has 0 bridgehead atoms. The normalized spacial score (nSPS) is 16.0. The summed E-state index contributed by atoms with van der Waals surface area (Å²) in [5, 5.41) is 7.81. The number of para-hydroxylation sites is 1. The number of halogens is 3. The number of anilines is 2. The van der Waals surface area contributed by atoms with E-state index in [4.69, 9.17) is 5.41 Å². The van der Waals surface area contributed by atoms with Crippen LogP contribution in [0.4, 0.5) is 24.5 Å². The zero-order valence-corrected chi connectivity index (χ0v) is 16.8. The molecule has 0 spiro atoms. The van der Waals surface area contributed by atoms with Gasteiger partial charge >= 0.3 is 6.18 Å². The number of hydrogen-bond donors (Lipinski definition) is 1. The van der Waals surface area contributed by atoms with Gasteiger partial charge in [0.2, 0.25) is 0 Å². The molecular weight excluding hydrogens is 399 g/mol. The summed E-state index contributed by atoms with van der Waals surface area (Å²) in [7, 11) is 0. The smallest absolute Gasteiger partial charge is 0.372 e. The molecular formula is C21H20F3N3OS. The number of benzene rings is 2. The van der Waals surface area contributed by atoms with Gasteiger partial charge < -0.3 is 4.90 Å². The van der Waals surface area contributed by atoms with Crippen LogP contribution in [-0.2, 0) is 11.0 Å². The van der Waals surface area contributed by atoms with E-state index in [0.717, 1.165) is 47.1 Å². The summed E-state index contributed by atoms with van der Waals surface area (Å²) in [6, 6.07) is 12.4. The second-order valence-electron chi connectivity index (χ2n) is 6.34. The van der Waals surface area contributed by atoms with Gasteiger partial charge in [0.15, 0.2) is 5.17 Å². The summed E-state index contributed by atoms with van der Waals surface area (Å²) in [6.45, 7) is 5.87. The Morgan fingerprint density at radius 3 is 2.28 bits per heavy atom. The van der Waals surface area contributed by atoms with Gasteiger partial charge in [0, 0.05) is 18.8 Å². The third-order valence-electron chi connectivity index (χ3n) is 4.59. The van der Waals surface area contributed by atoms with Gasteiger partial charge in [-0.25, -0.2) is 0 Å². The van der Waals surface area contributed by atoms with Crippen molar-refractivity contribution in [3.05, 3.63) is 64.6 Å². The van der Waals surface area contributed by atoms with Gasteiger partial charge in [-0.05, 0) is 61.5 Å². The second-order valence-corrected chi connectivity index (χ2v) is 7.37. The molecule has 2 aromatic carbocycles. The van der Waals surface area contributed by atoms with Crippen LogP contribution < -0.4 is 9.80 Å². The molecule has 1 saturated heterocycles. The Morgan fingerprint density at radius 1 is 1.07 bits per heavy atom. The molecule has 1 N–H and O–H groups in total. The quantitative estimate of drug-likeness (QED) is 0.641. The number of carbonyl (C=O) groups is 1. The van der Waals surface area contributed by atoms with Crippen molar-refractivity contribution in [2.75, 3.05) is 22.9 Å². The highest BCUT2D eigenvalue weighted by Crippen LogP contribution is 2.41. The SMILES string of the molecule is CCN(CC)c1ccc(/C=C2\SC(=N)N(c3ccccc3C(F)(F)F)C2=O)cc1. The third kappa shape index (κ3) is 4.32. The molecule has 4 nitrogen and oxygen atoms in total. The summed E-state index contributed by atoms with van der Waals surface area (Å²) >= 11 is 0.853. The zero-order valence-electron chi connectivity index (χ0n) is 16.0. The van der Waals surface area contributed by atoms with Crippen molar-refractivity contribution in [1.82, 2.24) is 0 Å². The van der Waals surface area contributed by atoms with E-state index in [0.29, 0.717) is 0 Å². The molecule has 0 unspecified atom stereocenters. The maximum atomic E-state index is 13.3. The number of hydrogen-bond acceptors (Lipinski definition) is 4. The monoisotopic (exact) mass is 419 g/mol. The highest BCUT2D eigenvalue weighted by atomic mass is 32.2. The lowest BCUT2D eigenvalue weighted by atomic mass is 10.1. The van der Waals surface area contributed by atoms with Gasteiger partial charge in [0.25, 0.3) is 5.91 Å². The van der Waals surface area contributed by atoms with E-state index < -0.39 is 17.6 Å². The molecule has 0 aromatic heterocycles. The predicted octanol–water partition coefficient (Wildman–Crippen LogP) is 5.61. The van der Waals surface area contributed by atoms with Crippen LogP contribution in [0, 0.1) is 5.41 Å². The van der Waals surface area contributed by atoms with E-state index in [9.17, 15) is 18.0 Å². The topological polar surface area (TPSA) is 47.4 Å². The molecule has 1 fully saturated rings. The Labute approximate surface area is 171 Å². The van der Waals surface area contributed by atoms with Crippen molar-refractivity contribution in [1.29, 1.82) is 5.41 Å².